The topological polar surface area (TPSA) is 54.5 Å². The first kappa shape index (κ1) is 15.7. The second-order valence-electron chi connectivity index (χ2n) is 5.96. The van der Waals surface area contributed by atoms with Gasteiger partial charge in [0.15, 0.2) is 5.78 Å². The van der Waals surface area contributed by atoms with Gasteiger partial charge in [-0.25, -0.2) is 8.42 Å². The molecule has 1 aliphatic heterocycles. The average Bonchev–Trinajstić information content (AvgIpc) is 2.48. The minimum atomic E-state index is -3.53. The van der Waals surface area contributed by atoms with E-state index in [1.54, 1.807) is 12.1 Å². The summed E-state index contributed by atoms with van der Waals surface area (Å²) in [7, 11) is -3.53. The zero-order valence-corrected chi connectivity index (χ0v) is 14.1. The molecule has 0 bridgehead atoms. The van der Waals surface area contributed by atoms with Crippen molar-refractivity contribution in [3.05, 3.63) is 64.7 Å². The summed E-state index contributed by atoms with van der Waals surface area (Å²) in [5.74, 6) is -0.0536. The van der Waals surface area contributed by atoms with Crippen LogP contribution in [0.4, 0.5) is 5.69 Å². The van der Waals surface area contributed by atoms with Crippen molar-refractivity contribution in [2.75, 3.05) is 10.8 Å². The Kier molecular flexibility index (Phi) is 3.98. The van der Waals surface area contributed by atoms with Crippen LogP contribution < -0.4 is 4.31 Å². The monoisotopic (exact) mass is 329 g/mol. The van der Waals surface area contributed by atoms with E-state index in [-0.39, 0.29) is 24.5 Å². The second kappa shape index (κ2) is 5.81. The number of carbonyl (C=O) groups is 1. The standard InChI is InChI=1S/C18H19NO3S/c1-13-5-3-7-15(11-13)12-23(21,22)19-10-9-17(20)16-8-4-6-14(2)18(16)19/h3-8,11H,9-10,12H2,1-2H3. The number of ketones is 1. The Morgan fingerprint density at radius 2 is 1.83 bits per heavy atom. The summed E-state index contributed by atoms with van der Waals surface area (Å²) in [4.78, 5) is 12.1. The number of fused-ring (bicyclic) bond motifs is 1. The first-order valence-corrected chi connectivity index (χ1v) is 9.18. The summed E-state index contributed by atoms with van der Waals surface area (Å²) in [6.07, 6.45) is 0.226. The predicted molar refractivity (Wildman–Crippen MR) is 91.3 cm³/mol. The number of hydrogen-bond donors (Lipinski definition) is 0. The van der Waals surface area contributed by atoms with Crippen LogP contribution in [0.1, 0.15) is 33.5 Å². The fraction of sp³-hybridized carbons (Fsp3) is 0.278. The van der Waals surface area contributed by atoms with Gasteiger partial charge < -0.3 is 0 Å². The van der Waals surface area contributed by atoms with Gasteiger partial charge in [0.1, 0.15) is 0 Å². The summed E-state index contributed by atoms with van der Waals surface area (Å²) in [6, 6.07) is 12.8. The van der Waals surface area contributed by atoms with E-state index in [1.807, 2.05) is 44.2 Å². The van der Waals surface area contributed by atoms with E-state index in [2.05, 4.69) is 0 Å². The molecule has 0 unspecified atom stereocenters. The van der Waals surface area contributed by atoms with Gasteiger partial charge in [-0.3, -0.25) is 9.10 Å². The molecule has 2 aromatic rings. The lowest BCUT2D eigenvalue weighted by Crippen LogP contribution is -2.38. The zero-order chi connectivity index (χ0) is 16.6. The van der Waals surface area contributed by atoms with Gasteiger partial charge in [-0.15, -0.1) is 0 Å². The van der Waals surface area contributed by atoms with E-state index in [4.69, 9.17) is 0 Å². The van der Waals surface area contributed by atoms with E-state index in [1.165, 1.54) is 4.31 Å². The number of para-hydroxylation sites is 1. The smallest absolute Gasteiger partial charge is 0.239 e. The predicted octanol–water partition coefficient (Wildman–Crippen LogP) is 3.23. The fourth-order valence-corrected chi connectivity index (χ4v) is 4.68. The van der Waals surface area contributed by atoms with Crippen molar-refractivity contribution in [2.45, 2.75) is 26.0 Å². The molecule has 2 aromatic carbocycles. The Morgan fingerprint density at radius 1 is 1.09 bits per heavy atom. The lowest BCUT2D eigenvalue weighted by Gasteiger charge is -2.31. The van der Waals surface area contributed by atoms with Gasteiger partial charge in [-0.1, -0.05) is 42.0 Å². The Balaban J connectivity index is 2.02. The molecule has 3 rings (SSSR count). The second-order valence-corrected chi connectivity index (χ2v) is 7.85. The minimum Gasteiger partial charge on any atom is -0.294 e. The molecule has 0 amide bonds. The van der Waals surface area contributed by atoms with Gasteiger partial charge in [-0.05, 0) is 31.0 Å². The summed E-state index contributed by atoms with van der Waals surface area (Å²) in [5, 5.41) is 0. The zero-order valence-electron chi connectivity index (χ0n) is 13.2. The van der Waals surface area contributed by atoms with Crippen LogP contribution in [0, 0.1) is 13.8 Å². The van der Waals surface area contributed by atoms with Crippen LogP contribution in [0.3, 0.4) is 0 Å². The van der Waals surface area contributed by atoms with Crippen LogP contribution in [0.25, 0.3) is 0 Å². The molecule has 0 atom stereocenters. The Labute approximate surface area is 136 Å². The van der Waals surface area contributed by atoms with E-state index < -0.39 is 10.0 Å². The first-order chi connectivity index (χ1) is 10.9. The Hall–Kier alpha value is -2.14. The number of nitrogens with zero attached hydrogens (tertiary/aromatic N) is 1. The average molecular weight is 329 g/mol. The van der Waals surface area contributed by atoms with Crippen molar-refractivity contribution >= 4 is 21.5 Å². The third-order valence-corrected chi connectivity index (χ3v) is 5.83. The first-order valence-electron chi connectivity index (χ1n) is 7.57. The van der Waals surface area contributed by atoms with E-state index in [0.29, 0.717) is 11.3 Å². The maximum absolute atomic E-state index is 12.9. The van der Waals surface area contributed by atoms with E-state index >= 15 is 0 Å². The largest absolute Gasteiger partial charge is 0.294 e. The Bertz CT molecular complexity index is 872. The van der Waals surface area contributed by atoms with Gasteiger partial charge in [-0.2, -0.15) is 0 Å². The van der Waals surface area contributed by atoms with Crippen LogP contribution >= 0.6 is 0 Å². The van der Waals surface area contributed by atoms with Crippen molar-refractivity contribution in [1.29, 1.82) is 0 Å². The van der Waals surface area contributed by atoms with Crippen LogP contribution in [0.2, 0.25) is 0 Å². The number of hydrogen-bond acceptors (Lipinski definition) is 3. The number of aryl methyl sites for hydroxylation is 2. The number of benzene rings is 2. The normalized spacial score (nSPS) is 14.7. The molecule has 0 radical (unpaired) electrons. The summed E-state index contributed by atoms with van der Waals surface area (Å²) in [6.45, 7) is 3.99. The van der Waals surface area contributed by atoms with Crippen molar-refractivity contribution in [3.8, 4) is 0 Å². The molecule has 0 saturated carbocycles. The van der Waals surface area contributed by atoms with E-state index in [9.17, 15) is 13.2 Å². The summed E-state index contributed by atoms with van der Waals surface area (Å²) in [5.41, 5.74) is 3.64. The molecule has 120 valence electrons. The van der Waals surface area contributed by atoms with Gasteiger partial charge >= 0.3 is 0 Å². The summed E-state index contributed by atoms with van der Waals surface area (Å²) < 4.78 is 27.2. The van der Waals surface area contributed by atoms with Crippen LogP contribution in [0.15, 0.2) is 42.5 Å². The van der Waals surface area contributed by atoms with Crippen molar-refractivity contribution in [1.82, 2.24) is 0 Å². The summed E-state index contributed by atoms with van der Waals surface area (Å²) >= 11 is 0. The number of Topliss-reactive ketones (excluding diaryl/α,β-unsaturated/α-hetero) is 1. The highest BCUT2D eigenvalue weighted by Crippen LogP contribution is 2.33. The lowest BCUT2D eigenvalue weighted by molar-refractivity contribution is 0.0982. The molecule has 23 heavy (non-hydrogen) atoms. The number of carbonyl (C=O) groups excluding carboxylic acids is 1. The van der Waals surface area contributed by atoms with Crippen LogP contribution in [-0.4, -0.2) is 20.7 Å². The SMILES string of the molecule is Cc1cccc(CS(=O)(=O)N2CCC(=O)c3cccc(C)c32)c1. The van der Waals surface area contributed by atoms with Crippen LogP contribution in [0.5, 0.6) is 0 Å². The van der Waals surface area contributed by atoms with Crippen molar-refractivity contribution in [2.24, 2.45) is 0 Å². The number of sulfonamides is 1. The van der Waals surface area contributed by atoms with Crippen molar-refractivity contribution < 1.29 is 13.2 Å². The van der Waals surface area contributed by atoms with Gasteiger partial charge in [0.25, 0.3) is 0 Å². The lowest BCUT2D eigenvalue weighted by atomic mass is 9.99. The Morgan fingerprint density at radius 3 is 2.57 bits per heavy atom. The third kappa shape index (κ3) is 3.01. The molecule has 4 nitrogen and oxygen atoms in total. The molecule has 0 aromatic heterocycles. The molecular weight excluding hydrogens is 310 g/mol. The molecule has 0 aliphatic carbocycles. The number of rotatable bonds is 3. The third-order valence-electron chi connectivity index (χ3n) is 4.10. The minimum absolute atomic E-state index is 0.00528. The maximum atomic E-state index is 12.9. The van der Waals surface area contributed by atoms with Crippen LogP contribution in [-0.2, 0) is 15.8 Å². The molecular formula is C18H19NO3S. The molecule has 0 N–H and O–H groups in total. The molecule has 0 spiro atoms. The molecule has 0 saturated heterocycles. The molecule has 0 fully saturated rings. The molecule has 1 aliphatic rings. The number of anilines is 1. The van der Waals surface area contributed by atoms with E-state index in [0.717, 1.165) is 16.7 Å². The van der Waals surface area contributed by atoms with Crippen molar-refractivity contribution in [3.63, 3.8) is 0 Å². The highest BCUT2D eigenvalue weighted by molar-refractivity contribution is 7.92. The quantitative estimate of drug-likeness (QED) is 0.869. The van der Waals surface area contributed by atoms with Gasteiger partial charge in [0, 0.05) is 18.5 Å². The molecule has 5 heteroatoms. The highest BCUT2D eigenvalue weighted by atomic mass is 32.2. The van der Waals surface area contributed by atoms with Gasteiger partial charge in [0.2, 0.25) is 10.0 Å². The fourth-order valence-electron chi connectivity index (χ4n) is 3.03. The highest BCUT2D eigenvalue weighted by Gasteiger charge is 2.32. The van der Waals surface area contributed by atoms with Gasteiger partial charge in [0.05, 0.1) is 11.4 Å². The maximum Gasteiger partial charge on any atom is 0.239 e. The molecule has 1 heterocycles.